The first-order chi connectivity index (χ1) is 6.86. The minimum atomic E-state index is 0.899. The maximum atomic E-state index is 4.30. The molecule has 0 aromatic heterocycles. The summed E-state index contributed by atoms with van der Waals surface area (Å²) in [5, 5.41) is 0. The molecular formula is C14H24. The minimum Gasteiger partial charge on any atom is -0.0996 e. The zero-order valence-electron chi connectivity index (χ0n) is 9.43. The topological polar surface area (TPSA) is 0 Å². The lowest BCUT2D eigenvalue weighted by atomic mass is 9.91. The first-order valence-electron chi connectivity index (χ1n) is 6.54. The molecule has 2 saturated carbocycles. The molecule has 2 aliphatic rings. The predicted molar refractivity (Wildman–Crippen MR) is 62.3 cm³/mol. The van der Waals surface area contributed by atoms with Gasteiger partial charge in [0.2, 0.25) is 0 Å². The molecule has 2 fully saturated rings. The van der Waals surface area contributed by atoms with Gasteiger partial charge in [0.1, 0.15) is 0 Å². The van der Waals surface area contributed by atoms with Crippen molar-refractivity contribution in [3.63, 3.8) is 0 Å². The molecule has 0 unspecified atom stereocenters. The maximum Gasteiger partial charge on any atom is -0.0206 e. The van der Waals surface area contributed by atoms with Gasteiger partial charge in [-0.1, -0.05) is 50.7 Å². The lowest BCUT2D eigenvalue weighted by Gasteiger charge is -2.15. The molecular weight excluding hydrogens is 168 g/mol. The molecule has 0 heterocycles. The maximum absolute atomic E-state index is 4.30. The van der Waals surface area contributed by atoms with Crippen molar-refractivity contribution in [3.8, 4) is 0 Å². The van der Waals surface area contributed by atoms with Crippen LogP contribution in [0.25, 0.3) is 0 Å². The molecule has 0 amide bonds. The molecule has 0 bridgehead atoms. The molecule has 2 aliphatic carbocycles. The molecule has 80 valence electrons. The number of allylic oxidation sites excluding steroid dienone is 1. The molecule has 0 aliphatic heterocycles. The highest BCUT2D eigenvalue weighted by Gasteiger charge is 2.20. The van der Waals surface area contributed by atoms with Crippen LogP contribution < -0.4 is 0 Å². The second-order valence-corrected chi connectivity index (χ2v) is 5.33. The van der Waals surface area contributed by atoms with Gasteiger partial charge in [-0.15, -0.1) is 0 Å². The standard InChI is InChI=1S/C14H24/c1-12(14-8-4-5-9-14)10-11-13-6-2-3-7-13/h13-14H,1-11H2. The third-order valence-electron chi connectivity index (χ3n) is 4.28. The second kappa shape index (κ2) is 5.00. The summed E-state index contributed by atoms with van der Waals surface area (Å²) in [5.41, 5.74) is 1.58. The fraction of sp³-hybridized carbons (Fsp3) is 0.857. The number of hydrogen-bond donors (Lipinski definition) is 0. The summed E-state index contributed by atoms with van der Waals surface area (Å²) < 4.78 is 0. The zero-order valence-corrected chi connectivity index (χ0v) is 9.43. The Labute approximate surface area is 88.8 Å². The normalized spacial score (nSPS) is 24.6. The van der Waals surface area contributed by atoms with Gasteiger partial charge in [0, 0.05) is 0 Å². The molecule has 0 heteroatoms. The molecule has 0 saturated heterocycles. The summed E-state index contributed by atoms with van der Waals surface area (Å²) in [6, 6.07) is 0. The van der Waals surface area contributed by atoms with Crippen LogP contribution in [0.5, 0.6) is 0 Å². The third kappa shape index (κ3) is 2.62. The molecule has 0 aromatic carbocycles. The summed E-state index contributed by atoms with van der Waals surface area (Å²) in [5.74, 6) is 1.95. The summed E-state index contributed by atoms with van der Waals surface area (Å²) in [4.78, 5) is 0. The van der Waals surface area contributed by atoms with Crippen LogP contribution in [0.4, 0.5) is 0 Å². The molecule has 2 rings (SSSR count). The van der Waals surface area contributed by atoms with E-state index in [4.69, 9.17) is 0 Å². The van der Waals surface area contributed by atoms with E-state index in [1.165, 1.54) is 64.2 Å². The van der Waals surface area contributed by atoms with Crippen molar-refractivity contribution in [2.75, 3.05) is 0 Å². The highest BCUT2D eigenvalue weighted by molar-refractivity contribution is 5.02. The number of hydrogen-bond acceptors (Lipinski definition) is 0. The summed E-state index contributed by atoms with van der Waals surface area (Å²) in [6.45, 7) is 4.30. The zero-order chi connectivity index (χ0) is 9.80. The molecule has 0 N–H and O–H groups in total. The Kier molecular flexibility index (Phi) is 3.67. The van der Waals surface area contributed by atoms with Gasteiger partial charge < -0.3 is 0 Å². The van der Waals surface area contributed by atoms with Gasteiger partial charge in [-0.2, -0.15) is 0 Å². The highest BCUT2D eigenvalue weighted by atomic mass is 14.3. The number of rotatable bonds is 4. The van der Waals surface area contributed by atoms with Crippen LogP contribution in [0.1, 0.15) is 64.2 Å². The van der Waals surface area contributed by atoms with Gasteiger partial charge in [-0.25, -0.2) is 0 Å². The Morgan fingerprint density at radius 3 is 2.14 bits per heavy atom. The van der Waals surface area contributed by atoms with E-state index in [2.05, 4.69) is 6.58 Å². The van der Waals surface area contributed by atoms with Gasteiger partial charge in [-0.3, -0.25) is 0 Å². The van der Waals surface area contributed by atoms with Crippen LogP contribution in [0, 0.1) is 11.8 Å². The summed E-state index contributed by atoms with van der Waals surface area (Å²) >= 11 is 0. The Morgan fingerprint density at radius 1 is 0.929 bits per heavy atom. The van der Waals surface area contributed by atoms with Gasteiger partial charge >= 0.3 is 0 Å². The fourth-order valence-electron chi connectivity index (χ4n) is 3.23. The first-order valence-corrected chi connectivity index (χ1v) is 6.54. The summed E-state index contributed by atoms with van der Waals surface area (Å²) in [6.07, 6.45) is 14.5. The predicted octanol–water partition coefficient (Wildman–Crippen LogP) is 4.70. The molecule has 0 spiro atoms. The van der Waals surface area contributed by atoms with Crippen LogP contribution in [0.3, 0.4) is 0 Å². The fourth-order valence-corrected chi connectivity index (χ4v) is 3.23. The van der Waals surface area contributed by atoms with E-state index in [0.29, 0.717) is 0 Å². The largest absolute Gasteiger partial charge is 0.0996 e. The summed E-state index contributed by atoms with van der Waals surface area (Å²) in [7, 11) is 0. The van der Waals surface area contributed by atoms with E-state index in [-0.39, 0.29) is 0 Å². The average Bonchev–Trinajstić information content (AvgIpc) is 2.87. The first kappa shape index (κ1) is 10.3. The van der Waals surface area contributed by atoms with Crippen LogP contribution >= 0.6 is 0 Å². The second-order valence-electron chi connectivity index (χ2n) is 5.33. The highest BCUT2D eigenvalue weighted by Crippen LogP contribution is 2.35. The molecule has 0 aromatic rings. The van der Waals surface area contributed by atoms with Crippen molar-refractivity contribution in [1.82, 2.24) is 0 Å². The smallest absolute Gasteiger partial charge is 0.0206 e. The van der Waals surface area contributed by atoms with Crippen LogP contribution in [0.15, 0.2) is 12.2 Å². The lowest BCUT2D eigenvalue weighted by Crippen LogP contribution is -2.00. The van der Waals surface area contributed by atoms with Crippen LogP contribution in [-0.2, 0) is 0 Å². The van der Waals surface area contributed by atoms with Crippen molar-refractivity contribution < 1.29 is 0 Å². The van der Waals surface area contributed by atoms with E-state index in [9.17, 15) is 0 Å². The molecule has 14 heavy (non-hydrogen) atoms. The Bertz CT molecular complexity index is 180. The van der Waals surface area contributed by atoms with Crippen molar-refractivity contribution >= 4 is 0 Å². The minimum absolute atomic E-state index is 0.899. The van der Waals surface area contributed by atoms with Crippen molar-refractivity contribution in [2.24, 2.45) is 11.8 Å². The molecule has 0 nitrogen and oxygen atoms in total. The Hall–Kier alpha value is -0.260. The lowest BCUT2D eigenvalue weighted by molar-refractivity contribution is 0.482. The molecule has 0 radical (unpaired) electrons. The van der Waals surface area contributed by atoms with Gasteiger partial charge in [0.05, 0.1) is 0 Å². The van der Waals surface area contributed by atoms with Crippen LogP contribution in [-0.4, -0.2) is 0 Å². The van der Waals surface area contributed by atoms with Crippen LogP contribution in [0.2, 0.25) is 0 Å². The van der Waals surface area contributed by atoms with Crippen molar-refractivity contribution in [1.29, 1.82) is 0 Å². The third-order valence-corrected chi connectivity index (χ3v) is 4.28. The van der Waals surface area contributed by atoms with E-state index in [1.807, 2.05) is 0 Å². The van der Waals surface area contributed by atoms with Gasteiger partial charge in [0.25, 0.3) is 0 Å². The Balaban J connectivity index is 1.66. The SMILES string of the molecule is C=C(CCC1CCCC1)C1CCCC1. The van der Waals surface area contributed by atoms with Crippen molar-refractivity contribution in [3.05, 3.63) is 12.2 Å². The monoisotopic (exact) mass is 192 g/mol. The average molecular weight is 192 g/mol. The van der Waals surface area contributed by atoms with Gasteiger partial charge in [0.15, 0.2) is 0 Å². The Morgan fingerprint density at radius 2 is 1.50 bits per heavy atom. The van der Waals surface area contributed by atoms with Gasteiger partial charge in [-0.05, 0) is 37.5 Å². The van der Waals surface area contributed by atoms with E-state index >= 15 is 0 Å². The van der Waals surface area contributed by atoms with E-state index < -0.39 is 0 Å². The van der Waals surface area contributed by atoms with E-state index in [1.54, 1.807) is 5.57 Å². The van der Waals surface area contributed by atoms with E-state index in [0.717, 1.165) is 11.8 Å². The molecule has 0 atom stereocenters. The van der Waals surface area contributed by atoms with Crippen molar-refractivity contribution in [2.45, 2.75) is 64.2 Å². The quantitative estimate of drug-likeness (QED) is 0.566.